The lowest BCUT2D eigenvalue weighted by atomic mass is 9.96. The summed E-state index contributed by atoms with van der Waals surface area (Å²) in [5.74, 6) is -2.93. The molecule has 1 atom stereocenters. The summed E-state index contributed by atoms with van der Waals surface area (Å²) in [7, 11) is 0. The summed E-state index contributed by atoms with van der Waals surface area (Å²) in [4.78, 5) is 30.1. The number of nitrogens with one attached hydrogen (secondary N) is 1. The molecule has 0 bridgehead atoms. The van der Waals surface area contributed by atoms with E-state index < -0.39 is 18.1 Å². The number of guanidine groups is 1. The zero-order valence-corrected chi connectivity index (χ0v) is 24.0. The highest BCUT2D eigenvalue weighted by molar-refractivity contribution is 5.95. The molecule has 12 heteroatoms. The van der Waals surface area contributed by atoms with Crippen LogP contribution >= 0.6 is 0 Å². The van der Waals surface area contributed by atoms with Crippen molar-refractivity contribution in [3.63, 3.8) is 0 Å². The number of anilines is 1. The smallest absolute Gasteiger partial charge is 0.478 e. The Balaban J connectivity index is 0.000000566. The summed E-state index contributed by atoms with van der Waals surface area (Å²) in [6.45, 7) is 4.77. The molecule has 2 aliphatic heterocycles. The highest BCUT2D eigenvalue weighted by Crippen LogP contribution is 2.29. The van der Waals surface area contributed by atoms with Crippen molar-refractivity contribution >= 4 is 23.6 Å². The van der Waals surface area contributed by atoms with E-state index in [4.69, 9.17) is 19.6 Å². The molecule has 2 saturated heterocycles. The second-order valence-electron chi connectivity index (χ2n) is 10.4. The first-order chi connectivity index (χ1) is 21.1. The van der Waals surface area contributed by atoms with Crippen LogP contribution in [0.5, 0.6) is 0 Å². The Kier molecular flexibility index (Phi) is 11.3. The van der Waals surface area contributed by atoms with Gasteiger partial charge in [-0.1, -0.05) is 66.7 Å². The number of carboxylic acid groups (broad SMARTS) is 2. The van der Waals surface area contributed by atoms with Gasteiger partial charge in [-0.15, -0.1) is 0 Å². The van der Waals surface area contributed by atoms with Gasteiger partial charge in [0.05, 0.1) is 24.3 Å². The minimum atomic E-state index is -5.08. The molecule has 1 unspecified atom stereocenters. The summed E-state index contributed by atoms with van der Waals surface area (Å²) >= 11 is 0. The van der Waals surface area contributed by atoms with Gasteiger partial charge >= 0.3 is 18.1 Å². The lowest BCUT2D eigenvalue weighted by Crippen LogP contribution is -2.51. The van der Waals surface area contributed by atoms with Gasteiger partial charge < -0.3 is 25.2 Å². The van der Waals surface area contributed by atoms with Gasteiger partial charge in [-0.3, -0.25) is 9.89 Å². The average Bonchev–Trinajstić information content (AvgIpc) is 3.55. The van der Waals surface area contributed by atoms with E-state index in [-0.39, 0.29) is 17.7 Å². The molecule has 2 aliphatic rings. The number of alkyl halides is 3. The zero-order chi connectivity index (χ0) is 31.5. The lowest BCUT2D eigenvalue weighted by Gasteiger charge is -2.41. The van der Waals surface area contributed by atoms with E-state index >= 15 is 0 Å². The van der Waals surface area contributed by atoms with E-state index in [1.165, 1.54) is 11.1 Å². The highest BCUT2D eigenvalue weighted by Gasteiger charge is 2.38. The number of halogens is 3. The highest BCUT2D eigenvalue weighted by atomic mass is 19.4. The summed E-state index contributed by atoms with van der Waals surface area (Å²) < 4.78 is 37.5. The molecule has 0 saturated carbocycles. The van der Waals surface area contributed by atoms with Crippen LogP contribution in [0.15, 0.2) is 89.9 Å². The van der Waals surface area contributed by atoms with Crippen molar-refractivity contribution in [2.75, 3.05) is 44.6 Å². The Bertz CT molecular complexity index is 1350. The zero-order valence-electron chi connectivity index (χ0n) is 24.0. The van der Waals surface area contributed by atoms with E-state index in [0.29, 0.717) is 6.54 Å². The maximum atomic E-state index is 11.5. The normalized spacial score (nSPS) is 17.6. The van der Waals surface area contributed by atoms with Crippen LogP contribution in [-0.4, -0.2) is 89.5 Å². The first-order valence-electron chi connectivity index (χ1n) is 14.3. The van der Waals surface area contributed by atoms with E-state index in [1.807, 2.05) is 6.07 Å². The third kappa shape index (κ3) is 9.29. The van der Waals surface area contributed by atoms with Crippen molar-refractivity contribution in [3.8, 4) is 0 Å². The van der Waals surface area contributed by atoms with E-state index in [0.717, 1.165) is 57.3 Å². The number of nitrogens with zero attached hydrogens (tertiary/aromatic N) is 3. The number of aromatic carboxylic acids is 1. The molecule has 2 heterocycles. The fourth-order valence-electron chi connectivity index (χ4n) is 5.13. The van der Waals surface area contributed by atoms with Gasteiger partial charge in [0.15, 0.2) is 5.96 Å². The number of piperazine rings is 1. The fraction of sp³-hybridized carbons (Fsp3) is 0.344. The third-order valence-electron chi connectivity index (χ3n) is 7.29. The number of carbonyl (C=O) groups is 2. The first kappa shape index (κ1) is 32.5. The number of rotatable bonds is 7. The van der Waals surface area contributed by atoms with Crippen LogP contribution in [0.1, 0.15) is 40.4 Å². The molecule has 0 spiro atoms. The maximum absolute atomic E-state index is 11.5. The van der Waals surface area contributed by atoms with E-state index in [2.05, 4.69) is 75.8 Å². The number of ether oxygens (including phenoxy) is 1. The molecule has 2 fully saturated rings. The molecular weight excluding hydrogens is 577 g/mol. The number of aliphatic carboxylic acids is 1. The SMILES string of the molecule is O=C(O)C(F)(F)F.O=C(O)c1cccc(NC(=NCC2CCCO2)N2CCN(C(c3ccccc3)c3ccccc3)CC2)c1. The van der Waals surface area contributed by atoms with Gasteiger partial charge in [-0.25, -0.2) is 9.59 Å². The van der Waals surface area contributed by atoms with Crippen molar-refractivity contribution in [1.29, 1.82) is 0 Å². The summed E-state index contributed by atoms with van der Waals surface area (Å²) in [6.07, 6.45) is -2.85. The Labute approximate surface area is 253 Å². The number of carboxylic acids is 2. The van der Waals surface area contributed by atoms with Crippen LogP contribution < -0.4 is 5.32 Å². The third-order valence-corrected chi connectivity index (χ3v) is 7.29. The topological polar surface area (TPSA) is 115 Å². The number of hydrogen-bond acceptors (Lipinski definition) is 5. The summed E-state index contributed by atoms with van der Waals surface area (Å²) in [5.41, 5.74) is 3.55. The molecule has 44 heavy (non-hydrogen) atoms. The van der Waals surface area contributed by atoms with Crippen molar-refractivity contribution < 1.29 is 37.7 Å². The van der Waals surface area contributed by atoms with Gasteiger partial charge in [0, 0.05) is 38.5 Å². The quantitative estimate of drug-likeness (QED) is 0.241. The Hall–Kier alpha value is -4.42. The van der Waals surface area contributed by atoms with Crippen LogP contribution in [0.4, 0.5) is 18.9 Å². The molecule has 0 aromatic heterocycles. The Morgan fingerprint density at radius 1 is 0.909 bits per heavy atom. The van der Waals surface area contributed by atoms with Crippen molar-refractivity contribution in [2.45, 2.75) is 31.2 Å². The number of benzene rings is 3. The van der Waals surface area contributed by atoms with Gasteiger partial charge in [-0.2, -0.15) is 13.2 Å². The molecule has 234 valence electrons. The number of hydrogen-bond donors (Lipinski definition) is 3. The monoisotopic (exact) mass is 612 g/mol. The number of aliphatic imine (C=N–C) groups is 1. The summed E-state index contributed by atoms with van der Waals surface area (Å²) in [6, 6.07) is 28.4. The maximum Gasteiger partial charge on any atom is 0.490 e. The minimum absolute atomic E-state index is 0.143. The summed E-state index contributed by atoms with van der Waals surface area (Å²) in [5, 5.41) is 20.0. The molecule has 0 radical (unpaired) electrons. The lowest BCUT2D eigenvalue weighted by molar-refractivity contribution is -0.192. The minimum Gasteiger partial charge on any atom is -0.478 e. The largest absolute Gasteiger partial charge is 0.490 e. The fourth-order valence-corrected chi connectivity index (χ4v) is 5.13. The van der Waals surface area contributed by atoms with Crippen molar-refractivity contribution in [1.82, 2.24) is 9.80 Å². The molecule has 0 aliphatic carbocycles. The van der Waals surface area contributed by atoms with Crippen molar-refractivity contribution in [2.24, 2.45) is 4.99 Å². The predicted molar refractivity (Wildman–Crippen MR) is 160 cm³/mol. The first-order valence-corrected chi connectivity index (χ1v) is 14.3. The molecule has 5 rings (SSSR count). The van der Waals surface area contributed by atoms with Crippen LogP contribution in [-0.2, 0) is 9.53 Å². The van der Waals surface area contributed by atoms with E-state index in [1.54, 1.807) is 18.2 Å². The van der Waals surface area contributed by atoms with Gasteiger partial charge in [-0.05, 0) is 42.2 Å². The molecule has 3 N–H and O–H groups in total. The van der Waals surface area contributed by atoms with E-state index in [9.17, 15) is 23.1 Å². The van der Waals surface area contributed by atoms with Gasteiger partial charge in [0.2, 0.25) is 0 Å². The Morgan fingerprint density at radius 3 is 2.00 bits per heavy atom. The van der Waals surface area contributed by atoms with Gasteiger partial charge in [0.25, 0.3) is 0 Å². The second-order valence-corrected chi connectivity index (χ2v) is 10.4. The Morgan fingerprint density at radius 2 is 1.50 bits per heavy atom. The second kappa shape index (κ2) is 15.3. The molecule has 0 amide bonds. The molecule has 3 aromatic carbocycles. The predicted octanol–water partition coefficient (Wildman–Crippen LogP) is 5.37. The van der Waals surface area contributed by atoms with Crippen LogP contribution in [0.2, 0.25) is 0 Å². The molecule has 9 nitrogen and oxygen atoms in total. The van der Waals surface area contributed by atoms with Crippen LogP contribution in [0.25, 0.3) is 0 Å². The average molecular weight is 613 g/mol. The van der Waals surface area contributed by atoms with Crippen LogP contribution in [0.3, 0.4) is 0 Å². The van der Waals surface area contributed by atoms with Crippen LogP contribution in [0, 0.1) is 0 Å². The standard InChI is InChI=1S/C30H34N4O3.C2HF3O2/c35-29(36)25-13-7-14-26(21-25)32-30(31-22-27-15-8-20-37-27)34-18-16-33(17-19-34)28(23-9-3-1-4-10-23)24-11-5-2-6-12-24;3-2(4,5)1(6)7/h1-7,9-14,21,27-28H,8,15-20,22H2,(H,31,32)(H,35,36);(H,6,7). The van der Waals surface area contributed by atoms with Crippen molar-refractivity contribution in [3.05, 3.63) is 102 Å². The molecular formula is C32H35F3N4O5. The van der Waals surface area contributed by atoms with Gasteiger partial charge in [0.1, 0.15) is 0 Å². The molecule has 3 aromatic rings.